The summed E-state index contributed by atoms with van der Waals surface area (Å²) >= 11 is 0. The molecule has 0 saturated heterocycles. The van der Waals surface area contributed by atoms with Crippen LogP contribution in [0.3, 0.4) is 0 Å². The van der Waals surface area contributed by atoms with E-state index in [0.717, 1.165) is 54.7 Å². The number of hydrogen-bond acceptors (Lipinski definition) is 4. The molecule has 0 unspecified atom stereocenters. The van der Waals surface area contributed by atoms with Gasteiger partial charge in [-0.05, 0) is 62.1 Å². The molecule has 5 nitrogen and oxygen atoms in total. The van der Waals surface area contributed by atoms with E-state index >= 15 is 0 Å². The highest BCUT2D eigenvalue weighted by molar-refractivity contribution is 5.75. The lowest BCUT2D eigenvalue weighted by Gasteiger charge is -2.04. The van der Waals surface area contributed by atoms with Gasteiger partial charge in [-0.3, -0.25) is 0 Å². The van der Waals surface area contributed by atoms with E-state index in [1.165, 1.54) is 5.56 Å². The number of benzene rings is 2. The van der Waals surface area contributed by atoms with Gasteiger partial charge in [0.1, 0.15) is 16.8 Å². The molecule has 0 spiro atoms. The summed E-state index contributed by atoms with van der Waals surface area (Å²) < 4.78 is 5.67. The molecule has 5 heteroatoms. The maximum Gasteiger partial charge on any atom is 0.121 e. The maximum absolute atomic E-state index is 5.67. The van der Waals surface area contributed by atoms with Gasteiger partial charge >= 0.3 is 0 Å². The van der Waals surface area contributed by atoms with Crippen LogP contribution >= 0.6 is 0 Å². The molecule has 2 N–H and O–H groups in total. The van der Waals surface area contributed by atoms with E-state index in [-0.39, 0.29) is 0 Å². The maximum atomic E-state index is 5.67. The Morgan fingerprint density at radius 1 is 1.04 bits per heavy atom. The number of ether oxygens (including phenoxy) is 1. The zero-order valence-corrected chi connectivity index (χ0v) is 14.1. The van der Waals surface area contributed by atoms with Gasteiger partial charge in [0.25, 0.3) is 0 Å². The van der Waals surface area contributed by atoms with E-state index in [0.29, 0.717) is 6.61 Å². The molecule has 0 aliphatic rings. The van der Waals surface area contributed by atoms with Gasteiger partial charge in [0, 0.05) is 6.07 Å². The molecular weight excluding hydrogens is 300 g/mol. The SMILES string of the molecule is CCCOc1ccc2nn(-c3cccc(CCCCN)c3)nc2c1. The van der Waals surface area contributed by atoms with Crippen LogP contribution in [0.4, 0.5) is 0 Å². The van der Waals surface area contributed by atoms with Gasteiger partial charge in [0.05, 0.1) is 12.3 Å². The van der Waals surface area contributed by atoms with Gasteiger partial charge in [0.15, 0.2) is 0 Å². The zero-order chi connectivity index (χ0) is 16.8. The van der Waals surface area contributed by atoms with Crippen molar-refractivity contribution < 1.29 is 4.74 Å². The number of aryl methyl sites for hydroxylation is 1. The standard InChI is InChI=1S/C19H24N4O/c1-2-12-24-17-9-10-18-19(14-17)22-23(21-18)16-8-5-7-15(13-16)6-3-4-11-20/h5,7-10,13-14H,2-4,6,11-12,20H2,1H3. The Morgan fingerprint density at radius 3 is 2.75 bits per heavy atom. The molecule has 0 bridgehead atoms. The van der Waals surface area contributed by atoms with Crippen molar-refractivity contribution in [3.63, 3.8) is 0 Å². The average molecular weight is 324 g/mol. The predicted molar refractivity (Wildman–Crippen MR) is 96.6 cm³/mol. The number of hydrogen-bond donors (Lipinski definition) is 1. The lowest BCUT2D eigenvalue weighted by atomic mass is 10.1. The third-order valence-electron chi connectivity index (χ3n) is 3.89. The Kier molecular flexibility index (Phi) is 5.43. The molecule has 126 valence electrons. The second kappa shape index (κ2) is 7.93. The number of nitrogens with two attached hydrogens (primary N) is 1. The quantitative estimate of drug-likeness (QED) is 0.644. The molecule has 0 amide bonds. The number of nitrogens with zero attached hydrogens (tertiary/aromatic N) is 3. The van der Waals surface area contributed by atoms with Gasteiger partial charge in [-0.1, -0.05) is 19.1 Å². The van der Waals surface area contributed by atoms with Crippen molar-refractivity contribution in [2.75, 3.05) is 13.2 Å². The summed E-state index contributed by atoms with van der Waals surface area (Å²) in [6.07, 6.45) is 4.17. The zero-order valence-electron chi connectivity index (χ0n) is 14.1. The highest BCUT2D eigenvalue weighted by Gasteiger charge is 2.07. The molecule has 0 fully saturated rings. The van der Waals surface area contributed by atoms with Crippen molar-refractivity contribution in [3.8, 4) is 11.4 Å². The summed E-state index contributed by atoms with van der Waals surface area (Å²) in [5.41, 5.74) is 9.54. The summed E-state index contributed by atoms with van der Waals surface area (Å²) in [5.74, 6) is 0.840. The van der Waals surface area contributed by atoms with Crippen LogP contribution in [0.5, 0.6) is 5.75 Å². The first-order chi connectivity index (χ1) is 11.8. The second-order valence-electron chi connectivity index (χ2n) is 5.90. The topological polar surface area (TPSA) is 66.0 Å². The highest BCUT2D eigenvalue weighted by Crippen LogP contribution is 2.20. The minimum atomic E-state index is 0.713. The van der Waals surface area contributed by atoms with Gasteiger partial charge in [-0.2, -0.15) is 4.80 Å². The van der Waals surface area contributed by atoms with Crippen LogP contribution in [0.15, 0.2) is 42.5 Å². The summed E-state index contributed by atoms with van der Waals surface area (Å²) in [4.78, 5) is 1.70. The van der Waals surface area contributed by atoms with Gasteiger partial charge in [-0.25, -0.2) is 0 Å². The smallest absolute Gasteiger partial charge is 0.121 e. The Bertz CT molecular complexity index is 797. The third kappa shape index (κ3) is 3.92. The van der Waals surface area contributed by atoms with Crippen LogP contribution in [0.2, 0.25) is 0 Å². The van der Waals surface area contributed by atoms with E-state index in [9.17, 15) is 0 Å². The second-order valence-corrected chi connectivity index (χ2v) is 5.90. The average Bonchev–Trinajstić information content (AvgIpc) is 3.04. The van der Waals surface area contributed by atoms with E-state index in [1.807, 2.05) is 24.3 Å². The molecular formula is C19H24N4O. The summed E-state index contributed by atoms with van der Waals surface area (Å²) in [7, 11) is 0. The molecule has 3 aromatic rings. The molecule has 24 heavy (non-hydrogen) atoms. The van der Waals surface area contributed by atoms with Gasteiger partial charge in [-0.15, -0.1) is 10.2 Å². The van der Waals surface area contributed by atoms with Crippen LogP contribution in [0, 0.1) is 0 Å². The van der Waals surface area contributed by atoms with Crippen LogP contribution in [-0.2, 0) is 6.42 Å². The van der Waals surface area contributed by atoms with Crippen molar-refractivity contribution in [1.29, 1.82) is 0 Å². The Morgan fingerprint density at radius 2 is 1.92 bits per heavy atom. The molecule has 2 aromatic carbocycles. The molecule has 3 rings (SSSR count). The van der Waals surface area contributed by atoms with E-state index in [1.54, 1.807) is 4.80 Å². The van der Waals surface area contributed by atoms with Crippen molar-refractivity contribution in [2.24, 2.45) is 5.73 Å². The number of unbranched alkanes of at least 4 members (excludes halogenated alkanes) is 1. The van der Waals surface area contributed by atoms with Crippen LogP contribution in [0.25, 0.3) is 16.7 Å². The Balaban J connectivity index is 1.82. The van der Waals surface area contributed by atoms with Gasteiger partial charge < -0.3 is 10.5 Å². The van der Waals surface area contributed by atoms with Crippen LogP contribution in [0.1, 0.15) is 31.7 Å². The lowest BCUT2D eigenvalue weighted by Crippen LogP contribution is -2.01. The highest BCUT2D eigenvalue weighted by atomic mass is 16.5. The van der Waals surface area contributed by atoms with E-state index in [2.05, 4.69) is 35.3 Å². The van der Waals surface area contributed by atoms with Crippen LogP contribution in [-0.4, -0.2) is 28.1 Å². The molecule has 1 heterocycles. The number of aromatic nitrogens is 3. The Hall–Kier alpha value is -2.40. The fraction of sp³-hybridized carbons (Fsp3) is 0.368. The van der Waals surface area contributed by atoms with Gasteiger partial charge in [0.2, 0.25) is 0 Å². The Labute approximate surface area is 142 Å². The monoisotopic (exact) mass is 324 g/mol. The molecule has 0 radical (unpaired) electrons. The first-order valence-electron chi connectivity index (χ1n) is 8.59. The summed E-state index contributed by atoms with van der Waals surface area (Å²) in [5, 5.41) is 9.17. The van der Waals surface area contributed by atoms with Crippen molar-refractivity contribution in [3.05, 3.63) is 48.0 Å². The number of rotatable bonds is 8. The molecule has 0 aliphatic carbocycles. The minimum Gasteiger partial charge on any atom is -0.494 e. The molecule has 0 aliphatic heterocycles. The first-order valence-corrected chi connectivity index (χ1v) is 8.59. The predicted octanol–water partition coefficient (Wildman–Crippen LogP) is 3.49. The molecule has 1 aromatic heterocycles. The van der Waals surface area contributed by atoms with E-state index in [4.69, 9.17) is 10.5 Å². The fourth-order valence-corrected chi connectivity index (χ4v) is 2.63. The third-order valence-corrected chi connectivity index (χ3v) is 3.89. The number of fused-ring (bicyclic) bond motifs is 1. The summed E-state index contributed by atoms with van der Waals surface area (Å²) in [6, 6.07) is 14.2. The molecule has 0 saturated carbocycles. The largest absolute Gasteiger partial charge is 0.494 e. The van der Waals surface area contributed by atoms with Crippen molar-refractivity contribution in [1.82, 2.24) is 15.0 Å². The fourth-order valence-electron chi connectivity index (χ4n) is 2.63. The van der Waals surface area contributed by atoms with E-state index < -0.39 is 0 Å². The first kappa shape index (κ1) is 16.5. The summed E-state index contributed by atoms with van der Waals surface area (Å²) in [6.45, 7) is 3.55. The molecule has 0 atom stereocenters. The lowest BCUT2D eigenvalue weighted by molar-refractivity contribution is 0.318. The van der Waals surface area contributed by atoms with Crippen molar-refractivity contribution >= 4 is 11.0 Å². The van der Waals surface area contributed by atoms with Crippen LogP contribution < -0.4 is 10.5 Å². The minimum absolute atomic E-state index is 0.713. The normalized spacial score (nSPS) is 11.1. The van der Waals surface area contributed by atoms with Crippen molar-refractivity contribution in [2.45, 2.75) is 32.6 Å².